The van der Waals surface area contributed by atoms with Gasteiger partial charge in [0.05, 0.1) is 4.98 Å². The van der Waals surface area contributed by atoms with Crippen molar-refractivity contribution in [2.45, 2.75) is 32.4 Å². The van der Waals surface area contributed by atoms with E-state index in [1.165, 1.54) is 0 Å². The van der Waals surface area contributed by atoms with Crippen molar-refractivity contribution in [2.24, 2.45) is 0 Å². The molecule has 0 N–H and O–H groups in total. The molecule has 4 nitrogen and oxygen atoms in total. The van der Waals surface area contributed by atoms with Crippen LogP contribution in [0, 0.1) is 0 Å². The van der Waals surface area contributed by atoms with Crippen molar-refractivity contribution in [3.05, 3.63) is 96.3 Å². The molecule has 35 heavy (non-hydrogen) atoms. The number of halogens is 3. The molecular weight excluding hydrogens is 449 g/mol. The fraction of sp³-hybridized carbons (Fsp3) is 0.179. The summed E-state index contributed by atoms with van der Waals surface area (Å²) >= 11 is 0. The molecule has 0 saturated carbocycles. The molecule has 1 aromatic heterocycles. The molecule has 0 amide bonds. The first-order chi connectivity index (χ1) is 16.6. The van der Waals surface area contributed by atoms with Gasteiger partial charge in [-0.3, -0.25) is 0 Å². The summed E-state index contributed by atoms with van der Waals surface area (Å²) < 4.78 is 45.0. The summed E-state index contributed by atoms with van der Waals surface area (Å²) in [5.41, 5.74) is 3.64. The van der Waals surface area contributed by atoms with Crippen molar-refractivity contribution in [1.82, 2.24) is 19.1 Å². The largest absolute Gasteiger partial charge is 0.486 e. The Morgan fingerprint density at radius 2 is 1.26 bits per heavy atom. The fourth-order valence-corrected chi connectivity index (χ4v) is 3.98. The highest BCUT2D eigenvalue weighted by Gasteiger charge is 2.49. The van der Waals surface area contributed by atoms with E-state index in [4.69, 9.17) is 0 Å². The lowest BCUT2D eigenvalue weighted by molar-refractivity contribution is -0.144. The third-order valence-corrected chi connectivity index (χ3v) is 5.81. The van der Waals surface area contributed by atoms with E-state index >= 15 is 0 Å². The van der Waals surface area contributed by atoms with Crippen molar-refractivity contribution in [3.63, 3.8) is 0 Å². The highest BCUT2D eigenvalue weighted by atomic mass is 19.4. The summed E-state index contributed by atoms with van der Waals surface area (Å²) in [5.74, 6) is -1.07. The Hall–Kier alpha value is -4.09. The molecular formula is C28H23F3N4+2. The maximum Gasteiger partial charge on any atom is 0.486 e. The molecule has 0 atom stereocenters. The van der Waals surface area contributed by atoms with E-state index in [0.717, 1.165) is 11.3 Å². The molecule has 0 radical (unpaired) electrons. The zero-order chi connectivity index (χ0) is 24.8. The van der Waals surface area contributed by atoms with Crippen LogP contribution in [0.2, 0.25) is 0 Å². The van der Waals surface area contributed by atoms with Gasteiger partial charge >= 0.3 is 29.5 Å². The molecule has 5 rings (SSSR count). The van der Waals surface area contributed by atoms with Gasteiger partial charge in [-0.15, -0.1) is 4.58 Å². The normalized spacial score (nSPS) is 13.3. The zero-order valence-corrected chi connectivity index (χ0v) is 19.5. The lowest BCUT2D eigenvalue weighted by Crippen LogP contribution is -2.15. The van der Waals surface area contributed by atoms with Crippen LogP contribution in [0.5, 0.6) is 0 Å². The van der Waals surface area contributed by atoms with Crippen LogP contribution in [-0.2, 0) is 11.6 Å². The second-order valence-electron chi connectivity index (χ2n) is 9.34. The smallest absolute Gasteiger partial charge is 0.188 e. The number of benzene rings is 3. The van der Waals surface area contributed by atoms with Crippen molar-refractivity contribution >= 4 is 28.9 Å². The van der Waals surface area contributed by atoms with Crippen LogP contribution in [0.15, 0.2) is 84.9 Å². The van der Waals surface area contributed by atoms with Gasteiger partial charge in [-0.1, -0.05) is 86.0 Å². The summed E-state index contributed by atoms with van der Waals surface area (Å²) in [6.07, 6.45) is -4.71. The van der Waals surface area contributed by atoms with Crippen LogP contribution < -0.4 is 9.15 Å². The van der Waals surface area contributed by atoms with E-state index in [1.807, 2.05) is 60.7 Å². The Kier molecular flexibility index (Phi) is 5.37. The Morgan fingerprint density at radius 3 is 1.83 bits per heavy atom. The first kappa shape index (κ1) is 22.7. The highest BCUT2D eigenvalue weighted by Crippen LogP contribution is 2.42. The first-order valence-electron chi connectivity index (χ1n) is 11.2. The number of alkyl halides is 3. The first-order valence-corrected chi connectivity index (χ1v) is 11.2. The lowest BCUT2D eigenvalue weighted by Gasteiger charge is -2.18. The minimum Gasteiger partial charge on any atom is -0.188 e. The molecule has 0 spiro atoms. The number of aromatic nitrogens is 2. The van der Waals surface area contributed by atoms with Gasteiger partial charge in [0, 0.05) is 5.56 Å². The van der Waals surface area contributed by atoms with Gasteiger partial charge < -0.3 is 0 Å². The van der Waals surface area contributed by atoms with E-state index in [-0.39, 0.29) is 16.9 Å². The Balaban J connectivity index is 1.81. The number of hydrogen-bond acceptors (Lipinski definition) is 2. The van der Waals surface area contributed by atoms with Gasteiger partial charge in [-0.25, -0.2) is 0 Å². The Morgan fingerprint density at radius 1 is 0.686 bits per heavy atom. The molecule has 1 aliphatic rings. The predicted octanol–water partition coefficient (Wildman–Crippen LogP) is 7.32. The SMILES string of the molecule is CC(C)(C)c1ccc([N+]2=C=[N+](c3ccccc3)c3c(-c4ccccc4)nc(C(F)(F)F)nc32)cc1. The molecule has 0 fully saturated rings. The monoisotopic (exact) mass is 472 g/mol. The zero-order valence-electron chi connectivity index (χ0n) is 19.5. The topological polar surface area (TPSA) is 31.8 Å². The second kappa shape index (κ2) is 8.29. The fourth-order valence-electron chi connectivity index (χ4n) is 3.98. The average Bonchev–Trinajstić information content (AvgIpc) is 3.23. The van der Waals surface area contributed by atoms with Gasteiger partial charge in [0.25, 0.3) is 0 Å². The van der Waals surface area contributed by atoms with Crippen molar-refractivity contribution in [2.75, 3.05) is 0 Å². The molecule has 1 aliphatic heterocycles. The quantitative estimate of drug-likeness (QED) is 0.258. The number of para-hydroxylation sites is 1. The Bertz CT molecular complexity index is 1460. The van der Waals surface area contributed by atoms with Gasteiger partial charge in [-0.05, 0) is 35.2 Å². The maximum atomic E-state index is 13.9. The van der Waals surface area contributed by atoms with E-state index in [2.05, 4.69) is 36.7 Å². The number of hydrogen-bond donors (Lipinski definition) is 0. The average molecular weight is 473 g/mol. The van der Waals surface area contributed by atoms with Crippen LogP contribution >= 0.6 is 0 Å². The lowest BCUT2D eigenvalue weighted by atomic mass is 9.87. The molecule has 174 valence electrons. The van der Waals surface area contributed by atoms with E-state index in [9.17, 15) is 13.2 Å². The second-order valence-corrected chi connectivity index (χ2v) is 9.34. The summed E-state index contributed by atoms with van der Waals surface area (Å²) in [6.45, 7) is 6.33. The summed E-state index contributed by atoms with van der Waals surface area (Å²) in [7, 11) is 0. The summed E-state index contributed by atoms with van der Waals surface area (Å²) in [6, 6.07) is 29.1. The molecule has 4 aromatic rings. The van der Waals surface area contributed by atoms with E-state index < -0.39 is 12.0 Å². The van der Waals surface area contributed by atoms with Gasteiger partial charge in [0.2, 0.25) is 0 Å². The summed E-state index contributed by atoms with van der Waals surface area (Å²) in [5, 5.41) is 0. The number of nitrogens with zero attached hydrogens (tertiary/aromatic N) is 4. The predicted molar refractivity (Wildman–Crippen MR) is 132 cm³/mol. The van der Waals surface area contributed by atoms with Gasteiger partial charge in [0.15, 0.2) is 11.4 Å². The van der Waals surface area contributed by atoms with Gasteiger partial charge in [-0.2, -0.15) is 18.2 Å². The third-order valence-electron chi connectivity index (χ3n) is 5.81. The highest BCUT2D eigenvalue weighted by molar-refractivity contribution is 5.90. The molecule has 0 aliphatic carbocycles. The molecule has 3 aromatic carbocycles. The maximum absolute atomic E-state index is 13.9. The van der Waals surface area contributed by atoms with Crippen LogP contribution in [0.1, 0.15) is 32.2 Å². The summed E-state index contributed by atoms with van der Waals surface area (Å²) in [4.78, 5) is 7.99. The minimum absolute atomic E-state index is 0.0585. The van der Waals surface area contributed by atoms with Crippen molar-refractivity contribution in [1.29, 1.82) is 0 Å². The molecule has 7 heteroatoms. The molecule has 2 heterocycles. The number of fused-ring (bicyclic) bond motifs is 1. The van der Waals surface area contributed by atoms with E-state index in [0.29, 0.717) is 16.9 Å². The van der Waals surface area contributed by atoms with Crippen molar-refractivity contribution < 1.29 is 13.2 Å². The van der Waals surface area contributed by atoms with E-state index in [1.54, 1.807) is 33.4 Å². The molecule has 0 unspecified atom stereocenters. The standard InChI is InChI=1S/C28H23F3N4/c1-27(2,3)20-14-16-22(17-15-20)35-18-34(21-12-8-5-9-13-21)24-23(19-10-6-4-7-11-19)32-26(28(29,30)31)33-25(24)35/h4-17H,1-3H3/q+2. The third kappa shape index (κ3) is 4.27. The molecule has 0 saturated heterocycles. The van der Waals surface area contributed by atoms with Gasteiger partial charge in [0.1, 0.15) is 5.69 Å². The molecule has 0 bridgehead atoms. The van der Waals surface area contributed by atoms with Crippen LogP contribution in [0.4, 0.5) is 36.1 Å². The number of rotatable bonds is 3. The van der Waals surface area contributed by atoms with Crippen LogP contribution in [0.25, 0.3) is 11.3 Å². The van der Waals surface area contributed by atoms with Crippen LogP contribution in [-0.4, -0.2) is 16.0 Å². The minimum atomic E-state index is -4.71. The van der Waals surface area contributed by atoms with Crippen LogP contribution in [0.3, 0.4) is 0 Å². The Labute approximate surface area is 201 Å². The van der Waals surface area contributed by atoms with Crippen molar-refractivity contribution in [3.8, 4) is 11.3 Å².